The molecule has 0 atom stereocenters. The lowest BCUT2D eigenvalue weighted by Crippen LogP contribution is -2.34. The monoisotopic (exact) mass is 333 g/mol. The van der Waals surface area contributed by atoms with Crippen molar-refractivity contribution >= 4 is 21.6 Å². The lowest BCUT2D eigenvalue weighted by molar-refractivity contribution is 0.372. The van der Waals surface area contributed by atoms with Crippen LogP contribution in [0.15, 0.2) is 46.9 Å². The van der Waals surface area contributed by atoms with Gasteiger partial charge in [-0.3, -0.25) is 0 Å². The van der Waals surface area contributed by atoms with Crippen LogP contribution >= 0.6 is 15.9 Å². The van der Waals surface area contributed by atoms with E-state index < -0.39 is 0 Å². The fourth-order valence-corrected chi connectivity index (χ4v) is 3.03. The van der Waals surface area contributed by atoms with Crippen LogP contribution in [0.5, 0.6) is 0 Å². The first kappa shape index (κ1) is 13.6. The van der Waals surface area contributed by atoms with Crippen molar-refractivity contribution in [1.29, 1.82) is 0 Å². The lowest BCUT2D eigenvalue weighted by Gasteiger charge is -2.37. The number of hydrogen-bond donors (Lipinski definition) is 1. The van der Waals surface area contributed by atoms with Gasteiger partial charge in [-0.2, -0.15) is 0 Å². The molecule has 1 fully saturated rings. The number of rotatable bonds is 3. The molecule has 0 amide bonds. The first-order valence-corrected chi connectivity index (χ1v) is 7.70. The number of anilines is 1. The van der Waals surface area contributed by atoms with Gasteiger partial charge in [-0.05, 0) is 55.0 Å². The number of nitrogens with one attached hydrogen (secondary N) is 1. The maximum atomic E-state index is 13.8. The van der Waals surface area contributed by atoms with Gasteiger partial charge >= 0.3 is 0 Å². The largest absolute Gasteiger partial charge is 0.380 e. The Morgan fingerprint density at radius 1 is 1.10 bits per heavy atom. The minimum atomic E-state index is -0.155. The van der Waals surface area contributed by atoms with E-state index in [-0.39, 0.29) is 5.82 Å². The Kier molecular flexibility index (Phi) is 3.79. The molecule has 0 radical (unpaired) electrons. The van der Waals surface area contributed by atoms with E-state index in [1.54, 1.807) is 6.07 Å². The fourth-order valence-electron chi connectivity index (χ4n) is 2.76. The summed E-state index contributed by atoms with van der Waals surface area (Å²) < 4.78 is 14.9. The normalized spacial score (nSPS) is 21.4. The van der Waals surface area contributed by atoms with Crippen molar-refractivity contribution in [2.45, 2.75) is 31.7 Å². The first-order chi connectivity index (χ1) is 9.63. The van der Waals surface area contributed by atoms with Crippen LogP contribution in [0.4, 0.5) is 10.1 Å². The Labute approximate surface area is 127 Å². The van der Waals surface area contributed by atoms with Crippen LogP contribution < -0.4 is 5.32 Å². The summed E-state index contributed by atoms with van der Waals surface area (Å²) in [6.07, 6.45) is 2.13. The van der Waals surface area contributed by atoms with Crippen molar-refractivity contribution < 1.29 is 4.39 Å². The number of para-hydroxylation sites is 1. The Balaban J connectivity index is 1.62. The zero-order chi connectivity index (χ0) is 14.1. The highest BCUT2D eigenvalue weighted by atomic mass is 79.9. The molecule has 0 aromatic heterocycles. The third-order valence-electron chi connectivity index (χ3n) is 4.05. The third-order valence-corrected chi connectivity index (χ3v) is 4.58. The summed E-state index contributed by atoms with van der Waals surface area (Å²) in [6.45, 7) is 1.94. The van der Waals surface area contributed by atoms with Crippen molar-refractivity contribution in [3.8, 4) is 0 Å². The molecule has 0 saturated heterocycles. The van der Waals surface area contributed by atoms with Crippen LogP contribution in [-0.2, 0) is 0 Å². The number of aryl methyl sites for hydroxylation is 1. The molecular formula is C17H17BrFN. The van der Waals surface area contributed by atoms with Gasteiger partial charge in [0.1, 0.15) is 5.82 Å². The Bertz CT molecular complexity index is 583. The van der Waals surface area contributed by atoms with Gasteiger partial charge in [0.15, 0.2) is 0 Å². The van der Waals surface area contributed by atoms with E-state index in [1.807, 2.05) is 13.0 Å². The van der Waals surface area contributed by atoms with Crippen molar-refractivity contribution in [3.05, 3.63) is 63.9 Å². The smallest absolute Gasteiger partial charge is 0.146 e. The molecule has 0 aliphatic heterocycles. The maximum Gasteiger partial charge on any atom is 0.146 e. The van der Waals surface area contributed by atoms with Crippen LogP contribution in [0.25, 0.3) is 0 Å². The van der Waals surface area contributed by atoms with E-state index in [1.165, 1.54) is 11.6 Å². The standard InChI is InChI=1S/C17H17BrFN/c1-11-3-2-4-16(19)17(11)20-15-9-13(10-15)12-5-7-14(18)8-6-12/h2-8,13,15,20H,9-10H2,1H3. The number of hydrogen-bond acceptors (Lipinski definition) is 1. The van der Waals surface area contributed by atoms with Crippen LogP contribution in [-0.4, -0.2) is 6.04 Å². The fraction of sp³-hybridized carbons (Fsp3) is 0.294. The van der Waals surface area contributed by atoms with Crippen molar-refractivity contribution in [2.75, 3.05) is 5.32 Å². The quantitative estimate of drug-likeness (QED) is 0.808. The average molecular weight is 334 g/mol. The minimum absolute atomic E-state index is 0.155. The minimum Gasteiger partial charge on any atom is -0.380 e. The second kappa shape index (κ2) is 5.57. The maximum absolute atomic E-state index is 13.8. The Morgan fingerprint density at radius 3 is 2.45 bits per heavy atom. The topological polar surface area (TPSA) is 12.0 Å². The molecule has 3 heteroatoms. The molecule has 1 aliphatic carbocycles. The van der Waals surface area contributed by atoms with Crippen molar-refractivity contribution in [2.24, 2.45) is 0 Å². The highest BCUT2D eigenvalue weighted by Crippen LogP contribution is 2.39. The van der Waals surface area contributed by atoms with Crippen LogP contribution in [0, 0.1) is 12.7 Å². The molecular weight excluding hydrogens is 317 g/mol. The molecule has 0 unspecified atom stereocenters. The van der Waals surface area contributed by atoms with Crippen molar-refractivity contribution in [3.63, 3.8) is 0 Å². The molecule has 20 heavy (non-hydrogen) atoms. The molecule has 1 N–H and O–H groups in total. The second-order valence-electron chi connectivity index (χ2n) is 5.49. The summed E-state index contributed by atoms with van der Waals surface area (Å²) in [7, 11) is 0. The lowest BCUT2D eigenvalue weighted by atomic mass is 9.76. The summed E-state index contributed by atoms with van der Waals surface area (Å²) in [5.74, 6) is 0.435. The van der Waals surface area contributed by atoms with Gasteiger partial charge in [0.25, 0.3) is 0 Å². The van der Waals surface area contributed by atoms with E-state index in [0.29, 0.717) is 17.6 Å². The molecule has 2 aromatic carbocycles. The van der Waals surface area contributed by atoms with Crippen molar-refractivity contribution in [1.82, 2.24) is 0 Å². The summed E-state index contributed by atoms with van der Waals surface area (Å²) in [6, 6.07) is 14.1. The Morgan fingerprint density at radius 2 is 1.80 bits per heavy atom. The molecule has 104 valence electrons. The van der Waals surface area contributed by atoms with Crippen LogP contribution in [0.3, 0.4) is 0 Å². The predicted octanol–water partition coefficient (Wildman–Crippen LogP) is 5.25. The van der Waals surface area contributed by atoms with Gasteiger partial charge < -0.3 is 5.32 Å². The summed E-state index contributed by atoms with van der Waals surface area (Å²) in [5, 5.41) is 3.34. The molecule has 0 bridgehead atoms. The predicted molar refractivity (Wildman–Crippen MR) is 84.7 cm³/mol. The van der Waals surface area contributed by atoms with E-state index in [0.717, 1.165) is 22.9 Å². The third kappa shape index (κ3) is 2.73. The number of halogens is 2. The SMILES string of the molecule is Cc1cccc(F)c1NC1CC(c2ccc(Br)cc2)C1. The van der Waals surface area contributed by atoms with Gasteiger partial charge in [0, 0.05) is 10.5 Å². The second-order valence-corrected chi connectivity index (χ2v) is 6.41. The number of benzene rings is 2. The van der Waals surface area contributed by atoms with E-state index in [2.05, 4.69) is 45.5 Å². The van der Waals surface area contributed by atoms with Gasteiger partial charge in [-0.25, -0.2) is 4.39 Å². The molecule has 1 aliphatic rings. The highest BCUT2D eigenvalue weighted by molar-refractivity contribution is 9.10. The first-order valence-electron chi connectivity index (χ1n) is 6.90. The summed E-state index contributed by atoms with van der Waals surface area (Å²) >= 11 is 3.45. The molecule has 0 heterocycles. The molecule has 0 spiro atoms. The van der Waals surface area contributed by atoms with Gasteiger partial charge in [-0.15, -0.1) is 0 Å². The summed E-state index contributed by atoms with van der Waals surface area (Å²) in [4.78, 5) is 0. The zero-order valence-electron chi connectivity index (χ0n) is 11.4. The summed E-state index contributed by atoms with van der Waals surface area (Å²) in [5.41, 5.74) is 3.00. The average Bonchev–Trinajstić information content (AvgIpc) is 2.38. The Hall–Kier alpha value is -1.35. The highest BCUT2D eigenvalue weighted by Gasteiger charge is 2.30. The van der Waals surface area contributed by atoms with E-state index >= 15 is 0 Å². The van der Waals surface area contributed by atoms with E-state index in [9.17, 15) is 4.39 Å². The van der Waals surface area contributed by atoms with Gasteiger partial charge in [0.05, 0.1) is 5.69 Å². The van der Waals surface area contributed by atoms with Gasteiger partial charge in [-0.1, -0.05) is 40.2 Å². The van der Waals surface area contributed by atoms with Gasteiger partial charge in [0.2, 0.25) is 0 Å². The van der Waals surface area contributed by atoms with Crippen LogP contribution in [0.2, 0.25) is 0 Å². The molecule has 2 aromatic rings. The van der Waals surface area contributed by atoms with Crippen LogP contribution in [0.1, 0.15) is 29.9 Å². The molecule has 1 nitrogen and oxygen atoms in total. The molecule has 1 saturated carbocycles. The van der Waals surface area contributed by atoms with E-state index in [4.69, 9.17) is 0 Å². The molecule has 3 rings (SSSR count). The zero-order valence-corrected chi connectivity index (χ0v) is 13.0.